The molecule has 1 aromatic carbocycles. The van der Waals surface area contributed by atoms with Gasteiger partial charge in [-0.25, -0.2) is 9.97 Å². The van der Waals surface area contributed by atoms with Gasteiger partial charge >= 0.3 is 0 Å². The minimum Gasteiger partial charge on any atom is -0.372 e. The molecule has 2 N–H and O–H groups in total. The molecule has 4 rings (SSSR count). The van der Waals surface area contributed by atoms with Crippen molar-refractivity contribution >= 4 is 23.1 Å². The van der Waals surface area contributed by atoms with Gasteiger partial charge in [0.2, 0.25) is 0 Å². The lowest BCUT2D eigenvalue weighted by atomic mass is 10.1. The molecule has 6 nitrogen and oxygen atoms in total. The van der Waals surface area contributed by atoms with Gasteiger partial charge in [-0.3, -0.25) is 4.79 Å². The summed E-state index contributed by atoms with van der Waals surface area (Å²) in [7, 11) is 0. The number of carbonyl (C=O) groups is 1. The Labute approximate surface area is 166 Å². The van der Waals surface area contributed by atoms with Gasteiger partial charge in [-0.1, -0.05) is 12.8 Å². The van der Waals surface area contributed by atoms with Crippen LogP contribution in [0.2, 0.25) is 0 Å². The Bertz CT molecular complexity index is 808. The second-order valence-electron chi connectivity index (χ2n) is 7.86. The first kappa shape index (κ1) is 18.7. The first-order valence-corrected chi connectivity index (χ1v) is 10.5. The summed E-state index contributed by atoms with van der Waals surface area (Å²) >= 11 is 0. The first-order chi connectivity index (χ1) is 13.7. The van der Waals surface area contributed by atoms with Crippen molar-refractivity contribution < 1.29 is 4.79 Å². The highest BCUT2D eigenvalue weighted by Crippen LogP contribution is 2.24. The molecule has 1 aliphatic heterocycles. The number of benzene rings is 1. The van der Waals surface area contributed by atoms with Crippen LogP contribution >= 0.6 is 0 Å². The number of aryl methyl sites for hydroxylation is 1. The number of hydrogen-bond donors (Lipinski definition) is 2. The van der Waals surface area contributed by atoms with Crippen molar-refractivity contribution in [1.82, 2.24) is 15.3 Å². The van der Waals surface area contributed by atoms with Crippen LogP contribution in [0.4, 0.5) is 17.2 Å². The van der Waals surface area contributed by atoms with E-state index in [1.54, 1.807) is 6.07 Å². The number of piperidine rings is 1. The van der Waals surface area contributed by atoms with Crippen LogP contribution in [0.25, 0.3) is 0 Å². The predicted octanol–water partition coefficient (Wildman–Crippen LogP) is 4.19. The lowest BCUT2D eigenvalue weighted by Crippen LogP contribution is -2.33. The number of aromatic nitrogens is 2. The van der Waals surface area contributed by atoms with Crippen molar-refractivity contribution in [2.24, 2.45) is 0 Å². The maximum absolute atomic E-state index is 12.5. The summed E-state index contributed by atoms with van der Waals surface area (Å²) in [6.45, 7) is 4.09. The van der Waals surface area contributed by atoms with E-state index in [0.717, 1.165) is 31.6 Å². The van der Waals surface area contributed by atoms with Crippen molar-refractivity contribution in [2.75, 3.05) is 23.3 Å². The van der Waals surface area contributed by atoms with E-state index in [2.05, 4.69) is 49.8 Å². The fraction of sp³-hybridized carbons (Fsp3) is 0.500. The van der Waals surface area contributed by atoms with Gasteiger partial charge in [-0.2, -0.15) is 0 Å². The maximum atomic E-state index is 12.5. The Balaban J connectivity index is 1.43. The molecular weight excluding hydrogens is 350 g/mol. The van der Waals surface area contributed by atoms with E-state index < -0.39 is 0 Å². The van der Waals surface area contributed by atoms with Gasteiger partial charge in [0, 0.05) is 36.6 Å². The average Bonchev–Trinajstić information content (AvgIpc) is 3.22. The highest BCUT2D eigenvalue weighted by molar-refractivity contribution is 5.93. The Morgan fingerprint density at radius 1 is 1.00 bits per heavy atom. The van der Waals surface area contributed by atoms with Gasteiger partial charge in [-0.15, -0.1) is 0 Å². The summed E-state index contributed by atoms with van der Waals surface area (Å²) < 4.78 is 0. The summed E-state index contributed by atoms with van der Waals surface area (Å²) in [4.78, 5) is 23.7. The molecule has 1 amide bonds. The third kappa shape index (κ3) is 4.61. The van der Waals surface area contributed by atoms with Crippen LogP contribution in [0.15, 0.2) is 30.3 Å². The molecule has 0 atom stereocenters. The number of amides is 1. The van der Waals surface area contributed by atoms with Crippen molar-refractivity contribution in [3.8, 4) is 0 Å². The molecule has 148 valence electrons. The lowest BCUT2D eigenvalue weighted by Gasteiger charge is -2.28. The van der Waals surface area contributed by atoms with Crippen molar-refractivity contribution in [3.05, 3.63) is 41.9 Å². The molecule has 1 aromatic heterocycles. The Kier molecular flexibility index (Phi) is 5.74. The molecule has 2 heterocycles. The van der Waals surface area contributed by atoms with E-state index in [4.69, 9.17) is 0 Å². The molecule has 2 aliphatic rings. The first-order valence-electron chi connectivity index (χ1n) is 10.5. The van der Waals surface area contributed by atoms with Crippen LogP contribution < -0.4 is 15.5 Å². The van der Waals surface area contributed by atoms with E-state index in [-0.39, 0.29) is 11.9 Å². The van der Waals surface area contributed by atoms with Crippen LogP contribution in [0.5, 0.6) is 0 Å². The monoisotopic (exact) mass is 379 g/mol. The smallest absolute Gasteiger partial charge is 0.270 e. The molecular formula is C22H29N5O. The van der Waals surface area contributed by atoms with Crippen LogP contribution in [0.3, 0.4) is 0 Å². The molecule has 2 fully saturated rings. The van der Waals surface area contributed by atoms with Crippen molar-refractivity contribution in [2.45, 2.75) is 57.9 Å². The second kappa shape index (κ2) is 8.59. The van der Waals surface area contributed by atoms with Gasteiger partial charge in [-0.05, 0) is 63.3 Å². The molecule has 2 aromatic rings. The molecule has 28 heavy (non-hydrogen) atoms. The van der Waals surface area contributed by atoms with Gasteiger partial charge < -0.3 is 15.5 Å². The normalized spacial score (nSPS) is 17.5. The molecule has 1 saturated carbocycles. The molecule has 1 aliphatic carbocycles. The van der Waals surface area contributed by atoms with E-state index in [1.807, 2.05) is 6.92 Å². The van der Waals surface area contributed by atoms with Crippen molar-refractivity contribution in [1.29, 1.82) is 0 Å². The lowest BCUT2D eigenvalue weighted by molar-refractivity contribution is 0.0932. The van der Waals surface area contributed by atoms with E-state index in [1.165, 1.54) is 37.8 Å². The minimum atomic E-state index is -0.110. The van der Waals surface area contributed by atoms with Crippen LogP contribution in [0.1, 0.15) is 61.3 Å². The molecule has 0 spiro atoms. The zero-order valence-electron chi connectivity index (χ0n) is 16.6. The fourth-order valence-corrected chi connectivity index (χ4v) is 4.13. The molecule has 0 bridgehead atoms. The van der Waals surface area contributed by atoms with E-state index >= 15 is 0 Å². The van der Waals surface area contributed by atoms with Crippen LogP contribution in [0, 0.1) is 6.92 Å². The average molecular weight is 380 g/mol. The summed E-state index contributed by atoms with van der Waals surface area (Å²) in [5.41, 5.74) is 2.65. The highest BCUT2D eigenvalue weighted by atomic mass is 16.1. The largest absolute Gasteiger partial charge is 0.372 e. The minimum absolute atomic E-state index is 0.110. The number of anilines is 3. The van der Waals surface area contributed by atoms with E-state index in [9.17, 15) is 4.79 Å². The van der Waals surface area contributed by atoms with Gasteiger partial charge in [0.05, 0.1) is 0 Å². The van der Waals surface area contributed by atoms with Crippen LogP contribution in [-0.4, -0.2) is 35.0 Å². The molecule has 0 unspecified atom stereocenters. The third-order valence-corrected chi connectivity index (χ3v) is 5.62. The van der Waals surface area contributed by atoms with Crippen LogP contribution in [-0.2, 0) is 0 Å². The van der Waals surface area contributed by atoms with Gasteiger partial charge in [0.15, 0.2) is 0 Å². The summed E-state index contributed by atoms with van der Waals surface area (Å²) in [5.74, 6) is 1.13. The van der Waals surface area contributed by atoms with Gasteiger partial charge in [0.1, 0.15) is 17.3 Å². The zero-order chi connectivity index (χ0) is 19.3. The Morgan fingerprint density at radius 2 is 1.71 bits per heavy atom. The quantitative estimate of drug-likeness (QED) is 0.815. The SMILES string of the molecule is Cc1nc(Nc2ccc(N3CCCCC3)cc2)cc(C(=O)NC2CCCC2)n1. The zero-order valence-corrected chi connectivity index (χ0v) is 16.6. The summed E-state index contributed by atoms with van der Waals surface area (Å²) in [6.07, 6.45) is 8.37. The molecule has 0 radical (unpaired) electrons. The molecule has 6 heteroatoms. The highest BCUT2D eigenvalue weighted by Gasteiger charge is 2.19. The number of hydrogen-bond acceptors (Lipinski definition) is 5. The van der Waals surface area contributed by atoms with Crippen molar-refractivity contribution in [3.63, 3.8) is 0 Å². The Morgan fingerprint density at radius 3 is 2.43 bits per heavy atom. The number of carbonyl (C=O) groups excluding carboxylic acids is 1. The second-order valence-corrected chi connectivity index (χ2v) is 7.86. The number of nitrogens with zero attached hydrogens (tertiary/aromatic N) is 3. The summed E-state index contributed by atoms with van der Waals surface area (Å²) in [5, 5.41) is 6.41. The standard InChI is InChI=1S/C22H29N5O/c1-16-23-20(22(28)26-17-7-3-4-8-17)15-21(24-16)25-18-9-11-19(12-10-18)27-13-5-2-6-14-27/h9-12,15,17H,2-8,13-14H2,1H3,(H,26,28)(H,23,24,25). The third-order valence-electron chi connectivity index (χ3n) is 5.62. The number of nitrogens with one attached hydrogen (secondary N) is 2. The Hall–Kier alpha value is -2.63. The molecule has 1 saturated heterocycles. The summed E-state index contributed by atoms with van der Waals surface area (Å²) in [6, 6.07) is 10.4. The fourth-order valence-electron chi connectivity index (χ4n) is 4.13. The predicted molar refractivity (Wildman–Crippen MR) is 112 cm³/mol. The maximum Gasteiger partial charge on any atom is 0.270 e. The van der Waals surface area contributed by atoms with Gasteiger partial charge in [0.25, 0.3) is 5.91 Å². The van der Waals surface area contributed by atoms with E-state index in [0.29, 0.717) is 17.3 Å². The number of rotatable bonds is 5. The topological polar surface area (TPSA) is 70.2 Å².